The van der Waals surface area contributed by atoms with Gasteiger partial charge in [0.15, 0.2) is 5.13 Å². The maximum Gasteiger partial charge on any atom is 0.251 e. The topological polar surface area (TPSA) is 57.3 Å². The summed E-state index contributed by atoms with van der Waals surface area (Å²) in [5.74, 6) is -0.304. The summed E-state index contributed by atoms with van der Waals surface area (Å²) in [6.07, 6.45) is 1.40. The number of halogens is 1. The molecule has 1 aliphatic carbocycles. The Hall–Kier alpha value is -2.51. The highest BCUT2D eigenvalue weighted by Crippen LogP contribution is 2.33. The number of nitrogens with one attached hydrogen (secondary N) is 2. The smallest absolute Gasteiger partial charge is 0.251 e. The number of fused-ring (bicyclic) bond motifs is 2. The Bertz CT molecular complexity index is 1040. The average Bonchev–Trinajstić information content (AvgIpc) is 3.33. The van der Waals surface area contributed by atoms with Gasteiger partial charge in [0.25, 0.3) is 5.91 Å². The lowest BCUT2D eigenvalue weighted by Gasteiger charge is -2.26. The number of anilines is 1. The summed E-state index contributed by atoms with van der Waals surface area (Å²) in [6.45, 7) is 3.83. The molecule has 28 heavy (non-hydrogen) atoms. The van der Waals surface area contributed by atoms with E-state index in [1.165, 1.54) is 6.07 Å². The van der Waals surface area contributed by atoms with Crippen LogP contribution in [0, 0.1) is 5.82 Å². The third-order valence-corrected chi connectivity index (χ3v) is 6.62. The van der Waals surface area contributed by atoms with Crippen molar-refractivity contribution in [3.8, 4) is 0 Å². The molecule has 0 unspecified atom stereocenters. The summed E-state index contributed by atoms with van der Waals surface area (Å²) in [7, 11) is 0. The normalized spacial score (nSPS) is 19.0. The quantitative estimate of drug-likeness (QED) is 0.714. The molecule has 144 valence electrons. The first-order valence-corrected chi connectivity index (χ1v) is 10.4. The lowest BCUT2D eigenvalue weighted by molar-refractivity contribution is 0.0937. The van der Waals surface area contributed by atoms with Gasteiger partial charge in [-0.3, -0.25) is 4.79 Å². The molecule has 0 radical (unpaired) electrons. The molecule has 2 aromatic carbocycles. The summed E-state index contributed by atoms with van der Waals surface area (Å²) >= 11 is 1.63. The second-order valence-electron chi connectivity index (χ2n) is 7.29. The fourth-order valence-electron chi connectivity index (χ4n) is 4.05. The molecule has 1 aromatic heterocycles. The Labute approximate surface area is 166 Å². The van der Waals surface area contributed by atoms with Gasteiger partial charge in [-0.1, -0.05) is 23.5 Å². The zero-order valence-electron chi connectivity index (χ0n) is 15.4. The number of nitrogens with zero attached hydrogens (tertiary/aromatic N) is 2. The van der Waals surface area contributed by atoms with Crippen molar-refractivity contribution in [3.63, 3.8) is 0 Å². The number of rotatable bonds is 3. The highest BCUT2D eigenvalue weighted by atomic mass is 32.1. The maximum absolute atomic E-state index is 13.9. The minimum absolute atomic E-state index is 0.124. The van der Waals surface area contributed by atoms with Crippen LogP contribution in [0.2, 0.25) is 0 Å². The third-order valence-electron chi connectivity index (χ3n) is 5.55. The second-order valence-corrected chi connectivity index (χ2v) is 8.30. The van der Waals surface area contributed by atoms with Crippen LogP contribution in [-0.4, -0.2) is 37.1 Å². The average molecular weight is 396 g/mol. The van der Waals surface area contributed by atoms with E-state index in [-0.39, 0.29) is 17.8 Å². The van der Waals surface area contributed by atoms with Crippen LogP contribution in [-0.2, 0) is 6.42 Å². The summed E-state index contributed by atoms with van der Waals surface area (Å²) in [6, 6.07) is 10.6. The number of hydrogen-bond donors (Lipinski definition) is 2. The van der Waals surface area contributed by atoms with E-state index >= 15 is 0 Å². The third kappa shape index (κ3) is 3.14. The van der Waals surface area contributed by atoms with Crippen molar-refractivity contribution in [2.75, 3.05) is 31.1 Å². The van der Waals surface area contributed by atoms with Gasteiger partial charge in [0, 0.05) is 31.7 Å². The Balaban J connectivity index is 1.36. The molecule has 0 saturated carbocycles. The van der Waals surface area contributed by atoms with Crippen LogP contribution in [0.25, 0.3) is 10.2 Å². The molecule has 1 saturated heterocycles. The fourth-order valence-corrected chi connectivity index (χ4v) is 5.10. The Morgan fingerprint density at radius 3 is 2.96 bits per heavy atom. The molecule has 2 heterocycles. The van der Waals surface area contributed by atoms with Crippen LogP contribution in [0.4, 0.5) is 9.52 Å². The van der Waals surface area contributed by atoms with Gasteiger partial charge in [-0.25, -0.2) is 9.37 Å². The van der Waals surface area contributed by atoms with Gasteiger partial charge in [0.2, 0.25) is 0 Å². The maximum atomic E-state index is 13.9. The van der Waals surface area contributed by atoms with Gasteiger partial charge in [-0.15, -0.1) is 0 Å². The number of amides is 1. The Morgan fingerprint density at radius 1 is 1.25 bits per heavy atom. The van der Waals surface area contributed by atoms with E-state index in [2.05, 4.69) is 15.5 Å². The number of carbonyl (C=O) groups is 1. The minimum atomic E-state index is -0.180. The Morgan fingerprint density at radius 2 is 2.11 bits per heavy atom. The van der Waals surface area contributed by atoms with Gasteiger partial charge in [-0.05, 0) is 48.2 Å². The number of piperazine rings is 1. The highest BCUT2D eigenvalue weighted by Gasteiger charge is 2.26. The summed E-state index contributed by atoms with van der Waals surface area (Å²) in [5.41, 5.74) is 3.16. The van der Waals surface area contributed by atoms with Crippen molar-refractivity contribution in [2.24, 2.45) is 0 Å². The fraction of sp³-hybridized carbons (Fsp3) is 0.333. The van der Waals surface area contributed by atoms with Crippen LogP contribution in [0.1, 0.15) is 33.9 Å². The summed E-state index contributed by atoms with van der Waals surface area (Å²) < 4.78 is 14.9. The van der Waals surface area contributed by atoms with E-state index in [4.69, 9.17) is 4.98 Å². The molecule has 7 heteroatoms. The van der Waals surface area contributed by atoms with E-state index in [9.17, 15) is 9.18 Å². The van der Waals surface area contributed by atoms with Gasteiger partial charge >= 0.3 is 0 Å². The van der Waals surface area contributed by atoms with E-state index < -0.39 is 0 Å². The number of carbonyl (C=O) groups excluding carboxylic acids is 1. The number of aromatic nitrogens is 1. The molecule has 0 spiro atoms. The van der Waals surface area contributed by atoms with Gasteiger partial charge < -0.3 is 15.5 Å². The molecule has 1 fully saturated rings. The van der Waals surface area contributed by atoms with E-state index in [0.29, 0.717) is 12.0 Å². The van der Waals surface area contributed by atoms with Gasteiger partial charge in [0.05, 0.1) is 16.3 Å². The van der Waals surface area contributed by atoms with Crippen molar-refractivity contribution >= 4 is 32.6 Å². The van der Waals surface area contributed by atoms with Crippen LogP contribution < -0.4 is 15.5 Å². The molecular formula is C21H21FN4OS. The number of benzene rings is 2. The zero-order chi connectivity index (χ0) is 19.1. The number of hydrogen-bond acceptors (Lipinski definition) is 5. The first-order chi connectivity index (χ1) is 13.7. The monoisotopic (exact) mass is 396 g/mol. The van der Waals surface area contributed by atoms with Gasteiger partial charge in [-0.2, -0.15) is 0 Å². The molecule has 5 rings (SSSR count). The van der Waals surface area contributed by atoms with Crippen LogP contribution in [0.3, 0.4) is 0 Å². The molecule has 5 nitrogen and oxygen atoms in total. The predicted octanol–water partition coefficient (Wildman–Crippen LogP) is 3.26. The summed E-state index contributed by atoms with van der Waals surface area (Å²) in [4.78, 5) is 19.8. The summed E-state index contributed by atoms with van der Waals surface area (Å²) in [5, 5.41) is 7.43. The lowest BCUT2D eigenvalue weighted by Crippen LogP contribution is -2.43. The lowest BCUT2D eigenvalue weighted by atomic mass is 10.1. The number of thiazole rings is 1. The van der Waals surface area contributed by atoms with Crippen molar-refractivity contribution in [2.45, 2.75) is 18.9 Å². The molecule has 1 aliphatic heterocycles. The molecule has 1 atom stereocenters. The minimum Gasteiger partial charge on any atom is -0.346 e. The molecule has 3 aromatic rings. The standard InChI is InChI=1S/C21H21FN4OS/c22-16-3-1-2-15-14(16)5-7-17(15)24-20(27)13-4-6-18-19(12-13)28-21(25-18)26-10-8-23-9-11-26/h1-4,6,12,17,23H,5,7-11H2,(H,24,27)/t17-/m1/s1. The molecule has 0 bridgehead atoms. The van der Waals surface area contributed by atoms with Crippen LogP contribution in [0.15, 0.2) is 36.4 Å². The first-order valence-electron chi connectivity index (χ1n) is 9.63. The van der Waals surface area contributed by atoms with Crippen molar-refractivity contribution < 1.29 is 9.18 Å². The largest absolute Gasteiger partial charge is 0.346 e. The second kappa shape index (κ2) is 7.14. The zero-order valence-corrected chi connectivity index (χ0v) is 16.2. The van der Waals surface area contributed by atoms with E-state index in [1.54, 1.807) is 17.4 Å². The highest BCUT2D eigenvalue weighted by molar-refractivity contribution is 7.22. The van der Waals surface area contributed by atoms with Crippen molar-refractivity contribution in [1.29, 1.82) is 0 Å². The molecule has 1 amide bonds. The van der Waals surface area contributed by atoms with Crippen LogP contribution >= 0.6 is 11.3 Å². The van der Waals surface area contributed by atoms with E-state index in [1.807, 2.05) is 24.3 Å². The molecule has 2 N–H and O–H groups in total. The SMILES string of the molecule is O=C(N[C@@H]1CCc2c(F)cccc21)c1ccc2nc(N3CCNCC3)sc2c1. The van der Waals surface area contributed by atoms with Crippen LogP contribution in [0.5, 0.6) is 0 Å². The van der Waals surface area contributed by atoms with E-state index in [0.717, 1.165) is 59.1 Å². The predicted molar refractivity (Wildman–Crippen MR) is 110 cm³/mol. The van der Waals surface area contributed by atoms with Gasteiger partial charge in [0.1, 0.15) is 5.82 Å². The first kappa shape index (κ1) is 17.6. The molecular weight excluding hydrogens is 375 g/mol. The Kier molecular flexibility index (Phi) is 4.49. The van der Waals surface area contributed by atoms with Crippen molar-refractivity contribution in [3.05, 3.63) is 58.9 Å². The molecule has 2 aliphatic rings. The van der Waals surface area contributed by atoms with Crippen molar-refractivity contribution in [1.82, 2.24) is 15.6 Å².